The monoisotopic (exact) mass is 326 g/mol. The number of ether oxygens (including phenoxy) is 1. The molecule has 0 aliphatic carbocycles. The highest BCUT2D eigenvalue weighted by molar-refractivity contribution is 9.10. The lowest BCUT2D eigenvalue weighted by Gasteiger charge is -2.31. The van der Waals surface area contributed by atoms with E-state index < -0.39 is 0 Å². The van der Waals surface area contributed by atoms with Gasteiger partial charge in [-0.1, -0.05) is 13.0 Å². The van der Waals surface area contributed by atoms with Crippen molar-refractivity contribution in [3.63, 3.8) is 0 Å². The van der Waals surface area contributed by atoms with Crippen LogP contribution in [0.15, 0.2) is 22.7 Å². The molecule has 1 atom stereocenters. The van der Waals surface area contributed by atoms with Crippen LogP contribution in [0, 0.1) is 11.8 Å². The largest absolute Gasteiger partial charge is 0.496 e. The van der Waals surface area contributed by atoms with E-state index in [2.05, 4.69) is 26.6 Å². The molecule has 0 radical (unpaired) electrons. The Morgan fingerprint density at radius 3 is 2.84 bits per heavy atom. The topological polar surface area (TPSA) is 50.4 Å². The highest BCUT2D eigenvalue weighted by atomic mass is 79.9. The van der Waals surface area contributed by atoms with Crippen LogP contribution in [0.25, 0.3) is 0 Å². The molecule has 4 nitrogen and oxygen atoms in total. The van der Waals surface area contributed by atoms with Crippen LogP contribution in [-0.2, 0) is 11.3 Å². The van der Waals surface area contributed by atoms with Gasteiger partial charge in [-0.05, 0) is 52.6 Å². The van der Waals surface area contributed by atoms with E-state index in [-0.39, 0.29) is 11.8 Å². The van der Waals surface area contributed by atoms with Crippen LogP contribution in [0.3, 0.4) is 0 Å². The summed E-state index contributed by atoms with van der Waals surface area (Å²) in [5, 5.41) is 6.17. The van der Waals surface area contributed by atoms with Crippen LogP contribution in [0.5, 0.6) is 5.75 Å². The van der Waals surface area contributed by atoms with Crippen molar-refractivity contribution in [1.82, 2.24) is 10.6 Å². The number of nitrogens with one attached hydrogen (secondary N) is 2. The number of methoxy groups -OCH3 is 1. The number of hydrogen-bond donors (Lipinski definition) is 2. The molecule has 1 heterocycles. The van der Waals surface area contributed by atoms with E-state index in [1.807, 2.05) is 25.1 Å². The van der Waals surface area contributed by atoms with Crippen molar-refractivity contribution in [2.75, 3.05) is 20.2 Å². The van der Waals surface area contributed by atoms with Crippen LogP contribution in [0.2, 0.25) is 0 Å². The number of carbonyl (C=O) groups is 1. The summed E-state index contributed by atoms with van der Waals surface area (Å²) in [4.78, 5) is 12.0. The fraction of sp³-hybridized carbons (Fsp3) is 0.500. The zero-order chi connectivity index (χ0) is 13.8. The zero-order valence-corrected chi connectivity index (χ0v) is 12.8. The molecule has 2 rings (SSSR count). The summed E-state index contributed by atoms with van der Waals surface area (Å²) in [6.45, 7) is 4.43. The summed E-state index contributed by atoms with van der Waals surface area (Å²) in [5.74, 6) is 1.47. The maximum atomic E-state index is 12.0. The van der Waals surface area contributed by atoms with Crippen LogP contribution >= 0.6 is 15.9 Å². The molecule has 1 aromatic rings. The molecule has 0 bridgehead atoms. The van der Waals surface area contributed by atoms with E-state index in [1.54, 1.807) is 7.11 Å². The first-order chi connectivity index (χ1) is 9.11. The number of benzene rings is 1. The fourth-order valence-corrected chi connectivity index (χ4v) is 2.64. The summed E-state index contributed by atoms with van der Waals surface area (Å²) in [6.07, 6.45) is 0. The van der Waals surface area contributed by atoms with Crippen molar-refractivity contribution >= 4 is 21.8 Å². The highest BCUT2D eigenvalue weighted by Crippen LogP contribution is 2.25. The molecule has 2 N–H and O–H groups in total. The van der Waals surface area contributed by atoms with E-state index in [9.17, 15) is 4.79 Å². The molecule has 1 fully saturated rings. The first-order valence-corrected chi connectivity index (χ1v) is 7.22. The second kappa shape index (κ2) is 6.39. The maximum absolute atomic E-state index is 12.0. The standard InChI is InChI=1S/C14H19BrN2O2/c1-9(11-7-16-8-11)14(18)17-6-10-3-4-13(19-2)12(15)5-10/h3-5,9,11,16H,6-8H2,1-2H3,(H,17,18). The van der Waals surface area contributed by atoms with E-state index in [0.717, 1.165) is 28.9 Å². The number of amides is 1. The van der Waals surface area contributed by atoms with E-state index in [0.29, 0.717) is 12.5 Å². The van der Waals surface area contributed by atoms with Gasteiger partial charge in [0.2, 0.25) is 5.91 Å². The second-order valence-electron chi connectivity index (χ2n) is 4.89. The van der Waals surface area contributed by atoms with E-state index >= 15 is 0 Å². The Balaban J connectivity index is 1.87. The van der Waals surface area contributed by atoms with Gasteiger partial charge in [0.25, 0.3) is 0 Å². The van der Waals surface area contributed by atoms with Crippen LogP contribution < -0.4 is 15.4 Å². The number of halogens is 1. The zero-order valence-electron chi connectivity index (χ0n) is 11.2. The van der Waals surface area contributed by atoms with Gasteiger partial charge in [0, 0.05) is 12.5 Å². The molecule has 1 aliphatic rings. The SMILES string of the molecule is COc1ccc(CNC(=O)C(C)C2CNC2)cc1Br. The predicted octanol–water partition coefficient (Wildman–Crippen LogP) is 1.93. The molecule has 1 unspecified atom stereocenters. The van der Waals surface area contributed by atoms with Gasteiger partial charge in [-0.2, -0.15) is 0 Å². The molecule has 1 saturated heterocycles. The van der Waals surface area contributed by atoms with Crippen LogP contribution in [-0.4, -0.2) is 26.1 Å². The van der Waals surface area contributed by atoms with Gasteiger partial charge in [-0.25, -0.2) is 0 Å². The minimum Gasteiger partial charge on any atom is -0.496 e. The first kappa shape index (κ1) is 14.3. The Bertz CT molecular complexity index is 461. The Hall–Kier alpha value is -1.07. The minimum absolute atomic E-state index is 0.0722. The van der Waals surface area contributed by atoms with Gasteiger partial charge in [0.05, 0.1) is 11.6 Å². The molecule has 19 heavy (non-hydrogen) atoms. The smallest absolute Gasteiger partial charge is 0.223 e. The van der Waals surface area contributed by atoms with Gasteiger partial charge in [0.1, 0.15) is 5.75 Å². The lowest BCUT2D eigenvalue weighted by atomic mass is 9.88. The second-order valence-corrected chi connectivity index (χ2v) is 5.75. The minimum atomic E-state index is 0.0722. The van der Waals surface area contributed by atoms with Crippen molar-refractivity contribution < 1.29 is 9.53 Å². The molecule has 1 aliphatic heterocycles. The molecule has 5 heteroatoms. The van der Waals surface area contributed by atoms with E-state index in [1.165, 1.54) is 0 Å². The number of carbonyl (C=O) groups excluding carboxylic acids is 1. The average Bonchev–Trinajstić information content (AvgIpc) is 2.34. The summed E-state index contributed by atoms with van der Waals surface area (Å²) in [7, 11) is 1.63. The van der Waals surface area contributed by atoms with Crippen molar-refractivity contribution in [1.29, 1.82) is 0 Å². The Morgan fingerprint density at radius 2 is 2.32 bits per heavy atom. The predicted molar refractivity (Wildman–Crippen MR) is 78.1 cm³/mol. The summed E-state index contributed by atoms with van der Waals surface area (Å²) < 4.78 is 6.08. The molecule has 0 aromatic heterocycles. The quantitative estimate of drug-likeness (QED) is 0.869. The summed E-state index contributed by atoms with van der Waals surface area (Å²) >= 11 is 3.44. The molecule has 0 saturated carbocycles. The molecule has 1 aromatic carbocycles. The maximum Gasteiger partial charge on any atom is 0.223 e. The van der Waals surface area contributed by atoms with Crippen molar-refractivity contribution in [2.45, 2.75) is 13.5 Å². The van der Waals surface area contributed by atoms with Crippen LogP contribution in [0.1, 0.15) is 12.5 Å². The lowest BCUT2D eigenvalue weighted by molar-refractivity contribution is -0.126. The summed E-state index contributed by atoms with van der Waals surface area (Å²) in [5.41, 5.74) is 1.06. The molecule has 0 spiro atoms. The van der Waals surface area contributed by atoms with Gasteiger partial charge in [-0.3, -0.25) is 4.79 Å². The number of hydrogen-bond acceptors (Lipinski definition) is 3. The lowest BCUT2D eigenvalue weighted by Crippen LogP contribution is -2.49. The Morgan fingerprint density at radius 1 is 1.58 bits per heavy atom. The van der Waals surface area contributed by atoms with Crippen molar-refractivity contribution in [2.24, 2.45) is 11.8 Å². The van der Waals surface area contributed by atoms with Gasteiger partial charge >= 0.3 is 0 Å². The normalized spacial score (nSPS) is 16.6. The molecular weight excluding hydrogens is 308 g/mol. The van der Waals surface area contributed by atoms with Crippen LogP contribution in [0.4, 0.5) is 0 Å². The van der Waals surface area contributed by atoms with E-state index in [4.69, 9.17) is 4.74 Å². The molecular formula is C14H19BrN2O2. The Kier molecular flexibility index (Phi) is 4.82. The number of rotatable bonds is 5. The molecule has 1 amide bonds. The van der Waals surface area contributed by atoms with Crippen molar-refractivity contribution in [3.8, 4) is 5.75 Å². The third kappa shape index (κ3) is 3.48. The summed E-state index contributed by atoms with van der Waals surface area (Å²) in [6, 6.07) is 5.82. The Labute approximate surface area is 122 Å². The third-order valence-corrected chi connectivity index (χ3v) is 4.24. The molecule has 104 valence electrons. The van der Waals surface area contributed by atoms with Gasteiger partial charge in [-0.15, -0.1) is 0 Å². The average molecular weight is 327 g/mol. The first-order valence-electron chi connectivity index (χ1n) is 6.42. The van der Waals surface area contributed by atoms with Gasteiger partial charge < -0.3 is 15.4 Å². The van der Waals surface area contributed by atoms with Gasteiger partial charge in [0.15, 0.2) is 0 Å². The highest BCUT2D eigenvalue weighted by Gasteiger charge is 2.28. The third-order valence-electron chi connectivity index (χ3n) is 3.62. The van der Waals surface area contributed by atoms with Crippen molar-refractivity contribution in [3.05, 3.63) is 28.2 Å². The fourth-order valence-electron chi connectivity index (χ4n) is 2.05.